The number of nitrogens with one attached hydrogen (secondary N) is 2. The van der Waals surface area contributed by atoms with Crippen LogP contribution in [0.2, 0.25) is 0 Å². The molecule has 0 bridgehead atoms. The van der Waals surface area contributed by atoms with E-state index in [1.54, 1.807) is 0 Å². The van der Waals surface area contributed by atoms with Crippen molar-refractivity contribution < 1.29 is 4.79 Å². The van der Waals surface area contributed by atoms with Crippen LogP contribution in [-0.4, -0.2) is 59.4 Å². The molecule has 1 aliphatic heterocycles. The maximum atomic E-state index is 12.0. The van der Waals surface area contributed by atoms with Gasteiger partial charge in [-0.1, -0.05) is 0 Å². The molecule has 6 nitrogen and oxygen atoms in total. The number of piperazine rings is 1. The van der Waals surface area contributed by atoms with E-state index < -0.39 is 0 Å². The minimum Gasteiger partial charge on any atom is -0.355 e. The lowest BCUT2D eigenvalue weighted by atomic mass is 10.1. The van der Waals surface area contributed by atoms with Crippen molar-refractivity contribution >= 4 is 5.91 Å². The fraction of sp³-hybridized carbons (Fsp3) is 0.692. The van der Waals surface area contributed by atoms with Crippen molar-refractivity contribution in [1.82, 2.24) is 25.3 Å². The normalized spacial score (nSPS) is 20.4. The van der Waals surface area contributed by atoms with E-state index in [0.29, 0.717) is 6.54 Å². The Morgan fingerprint density at radius 1 is 1.63 bits per heavy atom. The average Bonchev–Trinajstić information content (AvgIpc) is 2.82. The van der Waals surface area contributed by atoms with E-state index in [1.165, 1.54) is 5.69 Å². The third-order valence-corrected chi connectivity index (χ3v) is 3.59. The second-order valence-electron chi connectivity index (χ2n) is 4.85. The van der Waals surface area contributed by atoms with E-state index in [4.69, 9.17) is 0 Å². The summed E-state index contributed by atoms with van der Waals surface area (Å²) in [5.41, 5.74) is 1.20. The molecule has 1 saturated heterocycles. The number of amides is 1. The minimum absolute atomic E-state index is 0.0538. The monoisotopic (exact) mass is 265 g/mol. The molecule has 0 aromatic carbocycles. The summed E-state index contributed by atoms with van der Waals surface area (Å²) in [5.74, 6) is 0.125. The van der Waals surface area contributed by atoms with E-state index in [9.17, 15) is 4.79 Å². The second kappa shape index (κ2) is 6.68. The van der Waals surface area contributed by atoms with Crippen LogP contribution in [0, 0.1) is 0 Å². The second-order valence-corrected chi connectivity index (χ2v) is 4.85. The van der Waals surface area contributed by atoms with Crippen molar-refractivity contribution in [3.05, 3.63) is 18.0 Å². The first-order valence-corrected chi connectivity index (χ1v) is 6.91. The maximum absolute atomic E-state index is 12.0. The number of aromatic nitrogens is 2. The predicted molar refractivity (Wildman–Crippen MR) is 73.8 cm³/mol. The molecule has 1 aromatic rings. The topological polar surface area (TPSA) is 62.2 Å². The number of carbonyl (C=O) groups excluding carboxylic acids is 1. The molecule has 106 valence electrons. The minimum atomic E-state index is -0.0538. The Balaban J connectivity index is 1.92. The Bertz CT molecular complexity index is 417. The maximum Gasteiger partial charge on any atom is 0.238 e. The summed E-state index contributed by atoms with van der Waals surface area (Å²) < 4.78 is 1.89. The van der Waals surface area contributed by atoms with Gasteiger partial charge in [0.1, 0.15) is 6.04 Å². The van der Waals surface area contributed by atoms with Crippen LogP contribution in [0.3, 0.4) is 0 Å². The summed E-state index contributed by atoms with van der Waals surface area (Å²) in [6.07, 6.45) is 2.74. The summed E-state index contributed by atoms with van der Waals surface area (Å²) in [6.45, 7) is 6.13. The first-order chi connectivity index (χ1) is 9.22. The number of rotatable bonds is 5. The van der Waals surface area contributed by atoms with Crippen LogP contribution >= 0.6 is 0 Å². The highest BCUT2D eigenvalue weighted by atomic mass is 16.2. The van der Waals surface area contributed by atoms with Crippen LogP contribution in [0.4, 0.5) is 0 Å². The van der Waals surface area contributed by atoms with Gasteiger partial charge in [-0.3, -0.25) is 14.4 Å². The van der Waals surface area contributed by atoms with Crippen molar-refractivity contribution in [1.29, 1.82) is 0 Å². The molecule has 0 aliphatic carbocycles. The Labute approximate surface area is 114 Å². The van der Waals surface area contributed by atoms with Crippen LogP contribution in [0.5, 0.6) is 0 Å². The number of carbonyl (C=O) groups is 1. The van der Waals surface area contributed by atoms with Gasteiger partial charge in [0.25, 0.3) is 0 Å². The molecule has 1 amide bonds. The first-order valence-electron chi connectivity index (χ1n) is 6.91. The van der Waals surface area contributed by atoms with Crippen LogP contribution in [-0.2, 0) is 18.3 Å². The number of aryl methyl sites for hydroxylation is 1. The molecular formula is C13H23N5O. The SMILES string of the molecule is CCNC(=O)C1CNCCN1CCc1ccnn1C. The number of likely N-dealkylation sites (N-methyl/N-ethyl adjacent to an activating group) is 1. The van der Waals surface area contributed by atoms with Gasteiger partial charge in [-0.15, -0.1) is 0 Å². The highest BCUT2D eigenvalue weighted by molar-refractivity contribution is 5.82. The highest BCUT2D eigenvalue weighted by Crippen LogP contribution is 2.06. The van der Waals surface area contributed by atoms with E-state index in [2.05, 4.69) is 20.6 Å². The Kier molecular flexibility index (Phi) is 4.93. The van der Waals surface area contributed by atoms with E-state index in [-0.39, 0.29) is 11.9 Å². The van der Waals surface area contributed by atoms with Gasteiger partial charge in [-0.25, -0.2) is 0 Å². The fourth-order valence-corrected chi connectivity index (χ4v) is 2.47. The molecule has 1 unspecified atom stereocenters. The van der Waals surface area contributed by atoms with Gasteiger partial charge in [-0.2, -0.15) is 5.10 Å². The van der Waals surface area contributed by atoms with Crippen molar-refractivity contribution in [2.45, 2.75) is 19.4 Å². The van der Waals surface area contributed by atoms with Crippen molar-refractivity contribution in [2.75, 3.05) is 32.7 Å². The molecule has 2 rings (SSSR count). The molecule has 1 atom stereocenters. The zero-order valence-corrected chi connectivity index (χ0v) is 11.7. The van der Waals surface area contributed by atoms with Crippen molar-refractivity contribution in [2.24, 2.45) is 7.05 Å². The van der Waals surface area contributed by atoms with E-state index >= 15 is 0 Å². The molecule has 1 aromatic heterocycles. The molecule has 6 heteroatoms. The van der Waals surface area contributed by atoms with Crippen LogP contribution in [0.25, 0.3) is 0 Å². The predicted octanol–water partition coefficient (Wildman–Crippen LogP) is -0.627. The molecule has 19 heavy (non-hydrogen) atoms. The quantitative estimate of drug-likeness (QED) is 0.744. The Morgan fingerprint density at radius 3 is 3.16 bits per heavy atom. The lowest BCUT2D eigenvalue weighted by Crippen LogP contribution is -2.58. The zero-order chi connectivity index (χ0) is 13.7. The summed E-state index contributed by atoms with van der Waals surface area (Å²) in [7, 11) is 1.95. The Morgan fingerprint density at radius 2 is 2.47 bits per heavy atom. The van der Waals surface area contributed by atoms with Crippen LogP contribution < -0.4 is 10.6 Å². The van der Waals surface area contributed by atoms with E-state index in [0.717, 1.165) is 32.6 Å². The van der Waals surface area contributed by atoms with Crippen LogP contribution in [0.15, 0.2) is 12.3 Å². The molecule has 0 radical (unpaired) electrons. The molecule has 1 fully saturated rings. The average molecular weight is 265 g/mol. The summed E-state index contributed by atoms with van der Waals surface area (Å²) in [4.78, 5) is 14.3. The number of nitrogens with zero attached hydrogens (tertiary/aromatic N) is 3. The van der Waals surface area contributed by atoms with Gasteiger partial charge in [-0.05, 0) is 13.0 Å². The van der Waals surface area contributed by atoms with Crippen molar-refractivity contribution in [3.8, 4) is 0 Å². The van der Waals surface area contributed by atoms with Gasteiger partial charge in [0.05, 0.1) is 0 Å². The van der Waals surface area contributed by atoms with Crippen molar-refractivity contribution in [3.63, 3.8) is 0 Å². The van der Waals surface area contributed by atoms with Crippen LogP contribution in [0.1, 0.15) is 12.6 Å². The number of hydrogen-bond acceptors (Lipinski definition) is 4. The smallest absolute Gasteiger partial charge is 0.238 e. The molecule has 0 spiro atoms. The van der Waals surface area contributed by atoms with Gasteiger partial charge < -0.3 is 10.6 Å². The van der Waals surface area contributed by atoms with Gasteiger partial charge in [0.15, 0.2) is 0 Å². The zero-order valence-electron chi connectivity index (χ0n) is 11.7. The summed E-state index contributed by atoms with van der Waals surface area (Å²) >= 11 is 0. The molecule has 2 N–H and O–H groups in total. The molecular weight excluding hydrogens is 242 g/mol. The fourth-order valence-electron chi connectivity index (χ4n) is 2.47. The first kappa shape index (κ1) is 14.0. The lowest BCUT2D eigenvalue weighted by Gasteiger charge is -2.35. The standard InChI is InChI=1S/C13H23N5O/c1-3-15-13(19)12-10-14-7-9-18(12)8-5-11-4-6-16-17(11)2/h4,6,12,14H,3,5,7-10H2,1-2H3,(H,15,19). The largest absolute Gasteiger partial charge is 0.355 e. The summed E-state index contributed by atoms with van der Waals surface area (Å²) in [6, 6.07) is 1.98. The van der Waals surface area contributed by atoms with Gasteiger partial charge in [0, 0.05) is 58.1 Å². The Hall–Kier alpha value is -1.40. The van der Waals surface area contributed by atoms with Gasteiger partial charge in [0.2, 0.25) is 5.91 Å². The third kappa shape index (κ3) is 3.54. The number of hydrogen-bond donors (Lipinski definition) is 2. The third-order valence-electron chi connectivity index (χ3n) is 3.59. The highest BCUT2D eigenvalue weighted by Gasteiger charge is 2.27. The van der Waals surface area contributed by atoms with Gasteiger partial charge >= 0.3 is 0 Å². The van der Waals surface area contributed by atoms with E-state index in [1.807, 2.05) is 30.9 Å². The lowest BCUT2D eigenvalue weighted by molar-refractivity contribution is -0.126. The molecule has 2 heterocycles. The summed E-state index contributed by atoms with van der Waals surface area (Å²) in [5, 5.41) is 10.4. The molecule has 1 aliphatic rings. The molecule has 0 saturated carbocycles.